The predicted molar refractivity (Wildman–Crippen MR) is 87.7 cm³/mol. The zero-order valence-electron chi connectivity index (χ0n) is 13.3. The Kier molecular flexibility index (Phi) is 4.76. The molecule has 1 aromatic carbocycles. The minimum absolute atomic E-state index is 0.0446. The average molecular weight is 365 g/mol. The summed E-state index contributed by atoms with van der Waals surface area (Å²) in [6, 6.07) is 9.95. The number of furan rings is 2. The van der Waals surface area contributed by atoms with Crippen LogP contribution >= 0.6 is 0 Å². The lowest BCUT2D eigenvalue weighted by molar-refractivity contribution is 0.154. The highest BCUT2D eigenvalue weighted by molar-refractivity contribution is 7.89. The summed E-state index contributed by atoms with van der Waals surface area (Å²) in [4.78, 5) is -0.0446. The van der Waals surface area contributed by atoms with E-state index in [2.05, 4.69) is 4.72 Å². The molecule has 0 amide bonds. The van der Waals surface area contributed by atoms with Gasteiger partial charge in [-0.3, -0.25) is 0 Å². The van der Waals surface area contributed by atoms with E-state index in [9.17, 15) is 17.9 Å². The summed E-state index contributed by atoms with van der Waals surface area (Å²) >= 11 is 0. The van der Waals surface area contributed by atoms with Crippen LogP contribution in [-0.2, 0) is 10.0 Å². The predicted octanol–water partition coefficient (Wildman–Crippen LogP) is 3.00. The standard InChI is InChI=1S/C17H16FNO5S/c1-11-9-12(18)4-7-17(11)25(21,22)19-10-13(20)14-5-6-16(24-14)15-3-2-8-23-15/h2-9,13,19-20H,10H2,1H3. The third kappa shape index (κ3) is 3.81. The lowest BCUT2D eigenvalue weighted by Crippen LogP contribution is -2.29. The van der Waals surface area contributed by atoms with Crippen LogP contribution in [0.4, 0.5) is 4.39 Å². The van der Waals surface area contributed by atoms with Crippen molar-refractivity contribution in [3.05, 3.63) is 65.9 Å². The largest absolute Gasteiger partial charge is 0.461 e. The van der Waals surface area contributed by atoms with Crippen LogP contribution in [0.25, 0.3) is 11.5 Å². The van der Waals surface area contributed by atoms with Crippen molar-refractivity contribution >= 4 is 10.0 Å². The second kappa shape index (κ2) is 6.83. The molecule has 2 N–H and O–H groups in total. The van der Waals surface area contributed by atoms with E-state index in [-0.39, 0.29) is 22.8 Å². The summed E-state index contributed by atoms with van der Waals surface area (Å²) in [5.41, 5.74) is 0.278. The van der Waals surface area contributed by atoms with E-state index in [0.29, 0.717) is 11.5 Å². The Balaban J connectivity index is 1.70. The Bertz CT molecular complexity index is 963. The molecule has 25 heavy (non-hydrogen) atoms. The van der Waals surface area contributed by atoms with Crippen LogP contribution < -0.4 is 4.72 Å². The van der Waals surface area contributed by atoms with Gasteiger partial charge in [-0.1, -0.05) is 0 Å². The summed E-state index contributed by atoms with van der Waals surface area (Å²) in [5.74, 6) is 0.611. The number of aryl methyl sites for hydroxylation is 1. The number of rotatable bonds is 6. The first-order chi connectivity index (χ1) is 11.9. The van der Waals surface area contributed by atoms with Gasteiger partial charge in [0.05, 0.1) is 11.2 Å². The van der Waals surface area contributed by atoms with Crippen molar-refractivity contribution in [1.82, 2.24) is 4.72 Å². The first-order valence-corrected chi connectivity index (χ1v) is 8.92. The topological polar surface area (TPSA) is 92.7 Å². The molecule has 0 radical (unpaired) electrons. The molecule has 0 fully saturated rings. The summed E-state index contributed by atoms with van der Waals surface area (Å²) in [6.45, 7) is 1.21. The minimum Gasteiger partial charge on any atom is -0.461 e. The van der Waals surface area contributed by atoms with Gasteiger partial charge in [-0.15, -0.1) is 0 Å². The summed E-state index contributed by atoms with van der Waals surface area (Å²) in [5, 5.41) is 10.1. The number of aliphatic hydroxyl groups is 1. The maximum absolute atomic E-state index is 13.1. The maximum Gasteiger partial charge on any atom is 0.240 e. The Labute approximate surface area is 143 Å². The molecule has 6 nitrogen and oxygen atoms in total. The van der Waals surface area contributed by atoms with Gasteiger partial charge in [-0.25, -0.2) is 17.5 Å². The Hall–Kier alpha value is -2.42. The van der Waals surface area contributed by atoms with E-state index < -0.39 is 21.9 Å². The monoisotopic (exact) mass is 365 g/mol. The molecule has 2 aromatic heterocycles. The quantitative estimate of drug-likeness (QED) is 0.700. The van der Waals surface area contributed by atoms with Gasteiger partial charge in [0.2, 0.25) is 10.0 Å². The normalized spacial score (nSPS) is 13.1. The number of nitrogens with one attached hydrogen (secondary N) is 1. The smallest absolute Gasteiger partial charge is 0.240 e. The first-order valence-electron chi connectivity index (χ1n) is 7.44. The number of aliphatic hydroxyl groups excluding tert-OH is 1. The van der Waals surface area contributed by atoms with Crippen molar-refractivity contribution < 1.29 is 26.7 Å². The van der Waals surface area contributed by atoms with Crippen molar-refractivity contribution in [1.29, 1.82) is 0 Å². The van der Waals surface area contributed by atoms with Gasteiger partial charge in [0, 0.05) is 6.54 Å². The molecular formula is C17H16FNO5S. The fourth-order valence-corrected chi connectivity index (χ4v) is 3.63. The Morgan fingerprint density at radius 2 is 2.00 bits per heavy atom. The zero-order valence-corrected chi connectivity index (χ0v) is 14.1. The molecule has 8 heteroatoms. The number of hydrogen-bond donors (Lipinski definition) is 2. The number of hydrogen-bond acceptors (Lipinski definition) is 5. The molecule has 1 unspecified atom stereocenters. The van der Waals surface area contributed by atoms with Crippen molar-refractivity contribution in [2.45, 2.75) is 17.9 Å². The molecule has 0 aliphatic rings. The van der Waals surface area contributed by atoms with E-state index >= 15 is 0 Å². The summed E-state index contributed by atoms with van der Waals surface area (Å²) in [7, 11) is -3.88. The highest BCUT2D eigenvalue weighted by atomic mass is 32.2. The maximum atomic E-state index is 13.1. The fraction of sp³-hybridized carbons (Fsp3) is 0.176. The number of benzene rings is 1. The molecule has 0 aliphatic heterocycles. The second-order valence-electron chi connectivity index (χ2n) is 5.46. The molecule has 0 bridgehead atoms. The summed E-state index contributed by atoms with van der Waals surface area (Å²) in [6.07, 6.45) is 0.312. The minimum atomic E-state index is -3.88. The van der Waals surface area contributed by atoms with Crippen LogP contribution in [0.15, 0.2) is 62.5 Å². The molecular weight excluding hydrogens is 349 g/mol. The van der Waals surface area contributed by atoms with E-state index in [1.54, 1.807) is 24.3 Å². The number of halogens is 1. The van der Waals surface area contributed by atoms with Gasteiger partial charge in [-0.05, 0) is 55.0 Å². The van der Waals surface area contributed by atoms with E-state index in [1.165, 1.54) is 19.3 Å². The summed E-state index contributed by atoms with van der Waals surface area (Å²) < 4.78 is 50.7. The van der Waals surface area contributed by atoms with Crippen LogP contribution in [-0.4, -0.2) is 20.1 Å². The molecule has 0 saturated heterocycles. The van der Waals surface area contributed by atoms with E-state index in [0.717, 1.165) is 12.1 Å². The van der Waals surface area contributed by atoms with Gasteiger partial charge >= 0.3 is 0 Å². The molecule has 132 valence electrons. The Morgan fingerprint density at radius 3 is 2.68 bits per heavy atom. The van der Waals surface area contributed by atoms with Crippen molar-refractivity contribution in [2.24, 2.45) is 0 Å². The van der Waals surface area contributed by atoms with Crippen LogP contribution in [0, 0.1) is 12.7 Å². The van der Waals surface area contributed by atoms with Crippen molar-refractivity contribution in [2.75, 3.05) is 6.54 Å². The third-order valence-corrected chi connectivity index (χ3v) is 5.20. The molecule has 1 atom stereocenters. The van der Waals surface area contributed by atoms with E-state index in [1.807, 2.05) is 0 Å². The van der Waals surface area contributed by atoms with Crippen LogP contribution in [0.2, 0.25) is 0 Å². The van der Waals surface area contributed by atoms with Crippen LogP contribution in [0.1, 0.15) is 17.4 Å². The molecule has 2 heterocycles. The number of sulfonamides is 1. The van der Waals surface area contributed by atoms with Crippen molar-refractivity contribution in [3.8, 4) is 11.5 Å². The third-order valence-electron chi connectivity index (χ3n) is 3.61. The molecule has 0 saturated carbocycles. The van der Waals surface area contributed by atoms with E-state index in [4.69, 9.17) is 8.83 Å². The molecule has 3 aromatic rings. The molecule has 0 aliphatic carbocycles. The zero-order chi connectivity index (χ0) is 18.0. The molecule has 0 spiro atoms. The van der Waals surface area contributed by atoms with Gasteiger partial charge in [0.1, 0.15) is 17.7 Å². The van der Waals surface area contributed by atoms with Gasteiger partial charge in [0.15, 0.2) is 11.5 Å². The Morgan fingerprint density at radius 1 is 1.20 bits per heavy atom. The fourth-order valence-electron chi connectivity index (χ4n) is 2.36. The van der Waals surface area contributed by atoms with Gasteiger partial charge < -0.3 is 13.9 Å². The highest BCUT2D eigenvalue weighted by Gasteiger charge is 2.21. The SMILES string of the molecule is Cc1cc(F)ccc1S(=O)(=O)NCC(O)c1ccc(-c2ccco2)o1. The lowest BCUT2D eigenvalue weighted by Gasteiger charge is -2.12. The van der Waals surface area contributed by atoms with Crippen molar-refractivity contribution in [3.63, 3.8) is 0 Å². The van der Waals surface area contributed by atoms with Gasteiger partial charge in [-0.2, -0.15) is 0 Å². The van der Waals surface area contributed by atoms with Crippen LogP contribution in [0.3, 0.4) is 0 Å². The first kappa shape index (κ1) is 17.4. The van der Waals surface area contributed by atoms with Gasteiger partial charge in [0.25, 0.3) is 0 Å². The average Bonchev–Trinajstić information content (AvgIpc) is 3.23. The lowest BCUT2D eigenvalue weighted by atomic mass is 10.2. The second-order valence-corrected chi connectivity index (χ2v) is 7.19. The van der Waals surface area contributed by atoms with Crippen LogP contribution in [0.5, 0.6) is 0 Å². The molecule has 3 rings (SSSR count). The highest BCUT2D eigenvalue weighted by Crippen LogP contribution is 2.26.